The van der Waals surface area contributed by atoms with Crippen molar-refractivity contribution in [3.8, 4) is 0 Å². The van der Waals surface area contributed by atoms with Gasteiger partial charge in [-0.2, -0.15) is 0 Å². The first-order valence-corrected chi connectivity index (χ1v) is 3.46. The predicted molar refractivity (Wildman–Crippen MR) is 41.2 cm³/mol. The molecule has 1 atom stereocenters. The first kappa shape index (κ1) is 8.88. The van der Waals surface area contributed by atoms with E-state index in [0.717, 1.165) is 0 Å². The van der Waals surface area contributed by atoms with E-state index in [1.165, 1.54) is 7.11 Å². The lowest BCUT2D eigenvalue weighted by Crippen LogP contribution is -2.14. The summed E-state index contributed by atoms with van der Waals surface area (Å²) < 4.78 is 4.85. The minimum Gasteiger partial charge on any atom is -0.479 e. The number of nitrogens with zero attached hydrogens (tertiary/aromatic N) is 1. The average molecular weight is 189 g/mol. The minimum atomic E-state index is -1.12. The molecule has 1 heterocycles. The van der Waals surface area contributed by atoms with Gasteiger partial charge < -0.3 is 9.84 Å². The fourth-order valence-electron chi connectivity index (χ4n) is 0.736. The van der Waals surface area contributed by atoms with Crippen LogP contribution in [0.1, 0.15) is 11.9 Å². The maximum atomic E-state index is 10.5. The third kappa shape index (κ3) is 1.69. The Labute approximate surface area is 72.6 Å². The second-order valence-corrected chi connectivity index (χ2v) is 2.39. The van der Waals surface area contributed by atoms with Crippen LogP contribution in [0.15, 0.2) is 0 Å². The zero-order chi connectivity index (χ0) is 9.14. The molecule has 6 nitrogen and oxygen atoms in total. The van der Waals surface area contributed by atoms with Crippen LogP contribution >= 0.6 is 12.2 Å². The number of aliphatic carboxylic acids is 1. The summed E-state index contributed by atoms with van der Waals surface area (Å²) in [5, 5.41) is 13.6. The molecule has 7 heteroatoms. The van der Waals surface area contributed by atoms with Crippen molar-refractivity contribution in [2.45, 2.75) is 6.10 Å². The Balaban J connectivity index is 2.94. The molecule has 0 amide bonds. The minimum absolute atomic E-state index is 0.162. The maximum absolute atomic E-state index is 10.5. The highest BCUT2D eigenvalue weighted by Gasteiger charge is 2.21. The topological polar surface area (TPSA) is 91.0 Å². The summed E-state index contributed by atoms with van der Waals surface area (Å²) in [6.07, 6.45) is -1.10. The lowest BCUT2D eigenvalue weighted by atomic mass is 10.3. The number of aromatic nitrogens is 3. The summed E-state index contributed by atoms with van der Waals surface area (Å²) in [5.74, 6) is -0.953. The van der Waals surface area contributed by atoms with Crippen LogP contribution in [0.25, 0.3) is 0 Å². The van der Waals surface area contributed by atoms with Crippen molar-refractivity contribution in [1.29, 1.82) is 0 Å². The fourth-order valence-corrected chi connectivity index (χ4v) is 0.886. The molecule has 66 valence electrons. The number of aromatic amines is 2. The molecule has 1 aromatic rings. The molecule has 0 radical (unpaired) electrons. The predicted octanol–water partition coefficient (Wildman–Crippen LogP) is 0.239. The number of carboxylic acid groups (broad SMARTS) is 1. The lowest BCUT2D eigenvalue weighted by Gasteiger charge is -2.04. The van der Waals surface area contributed by atoms with Crippen molar-refractivity contribution in [1.82, 2.24) is 15.2 Å². The summed E-state index contributed by atoms with van der Waals surface area (Å²) in [7, 11) is 1.28. The molecule has 0 aromatic carbocycles. The number of ether oxygens (including phenoxy) is 1. The van der Waals surface area contributed by atoms with Crippen molar-refractivity contribution in [3.63, 3.8) is 0 Å². The van der Waals surface area contributed by atoms with E-state index >= 15 is 0 Å². The molecule has 1 unspecified atom stereocenters. The monoisotopic (exact) mass is 189 g/mol. The van der Waals surface area contributed by atoms with E-state index < -0.39 is 12.1 Å². The second kappa shape index (κ2) is 3.46. The number of carbonyl (C=O) groups is 1. The van der Waals surface area contributed by atoms with E-state index in [2.05, 4.69) is 32.1 Å². The number of hydrogen-bond donors (Lipinski definition) is 3. The van der Waals surface area contributed by atoms with Crippen LogP contribution in [-0.2, 0) is 9.53 Å². The molecule has 0 aliphatic heterocycles. The molecule has 0 fully saturated rings. The quantitative estimate of drug-likeness (QED) is 0.592. The zero-order valence-electron chi connectivity index (χ0n) is 6.20. The van der Waals surface area contributed by atoms with Gasteiger partial charge in [0.25, 0.3) is 0 Å². The molecule has 0 bridgehead atoms. The fraction of sp³-hybridized carbons (Fsp3) is 0.400. The molecule has 1 rings (SSSR count). The van der Waals surface area contributed by atoms with Gasteiger partial charge in [-0.05, 0) is 12.2 Å². The Morgan fingerprint density at radius 2 is 2.42 bits per heavy atom. The van der Waals surface area contributed by atoms with Crippen LogP contribution in [0.4, 0.5) is 0 Å². The summed E-state index contributed by atoms with van der Waals surface area (Å²) in [6, 6.07) is 0. The Hall–Kier alpha value is -1.21. The first-order chi connectivity index (χ1) is 5.65. The molecule has 12 heavy (non-hydrogen) atoms. The summed E-state index contributed by atoms with van der Waals surface area (Å²) in [4.78, 5) is 14.2. The van der Waals surface area contributed by atoms with Gasteiger partial charge in [-0.1, -0.05) is 0 Å². The summed E-state index contributed by atoms with van der Waals surface area (Å²) >= 11 is 4.64. The molecular weight excluding hydrogens is 182 g/mol. The van der Waals surface area contributed by atoms with E-state index in [4.69, 9.17) is 5.11 Å². The molecule has 0 aliphatic carbocycles. The second-order valence-electron chi connectivity index (χ2n) is 2.01. The van der Waals surface area contributed by atoms with E-state index in [0.29, 0.717) is 0 Å². The van der Waals surface area contributed by atoms with Gasteiger partial charge in [0.1, 0.15) is 0 Å². The standard InChI is InChI=1S/C5H7N3O3S/c1-11-2(4(9)10)3-6-5(12)8-7-3/h2H,1H3,(H,9,10)(H2,6,7,8,12). The average Bonchev–Trinajstić information content (AvgIpc) is 2.37. The number of methoxy groups -OCH3 is 1. The van der Waals surface area contributed by atoms with Gasteiger partial charge in [-0.15, -0.1) is 0 Å². The van der Waals surface area contributed by atoms with Crippen molar-refractivity contribution < 1.29 is 14.6 Å². The summed E-state index contributed by atoms with van der Waals surface area (Å²) in [6.45, 7) is 0. The van der Waals surface area contributed by atoms with Crippen LogP contribution in [0.2, 0.25) is 0 Å². The van der Waals surface area contributed by atoms with Crippen LogP contribution in [-0.4, -0.2) is 33.4 Å². The number of nitrogens with one attached hydrogen (secondary N) is 2. The van der Waals surface area contributed by atoms with Gasteiger partial charge in [0.15, 0.2) is 5.82 Å². The van der Waals surface area contributed by atoms with Crippen LogP contribution in [0, 0.1) is 4.77 Å². The van der Waals surface area contributed by atoms with Crippen molar-refractivity contribution in [3.05, 3.63) is 10.6 Å². The third-order valence-corrected chi connectivity index (χ3v) is 1.42. The van der Waals surface area contributed by atoms with Crippen LogP contribution in [0.5, 0.6) is 0 Å². The van der Waals surface area contributed by atoms with E-state index in [9.17, 15) is 4.79 Å². The van der Waals surface area contributed by atoms with E-state index in [1.54, 1.807) is 0 Å². The maximum Gasteiger partial charge on any atom is 0.340 e. The number of carboxylic acids is 1. The molecule has 0 aliphatic rings. The highest BCUT2D eigenvalue weighted by molar-refractivity contribution is 7.71. The van der Waals surface area contributed by atoms with Gasteiger partial charge in [-0.3, -0.25) is 10.2 Å². The van der Waals surface area contributed by atoms with Crippen LogP contribution in [0.3, 0.4) is 0 Å². The molecule has 3 N–H and O–H groups in total. The normalized spacial score (nSPS) is 12.8. The smallest absolute Gasteiger partial charge is 0.340 e. The molecular formula is C5H7N3O3S. The Morgan fingerprint density at radius 1 is 1.75 bits per heavy atom. The van der Waals surface area contributed by atoms with Gasteiger partial charge in [0, 0.05) is 7.11 Å². The number of rotatable bonds is 3. The largest absolute Gasteiger partial charge is 0.479 e. The Kier molecular flexibility index (Phi) is 2.56. The molecule has 0 saturated heterocycles. The SMILES string of the molecule is COC(C(=O)O)c1nc(=S)[nH][nH]1. The molecule has 1 aromatic heterocycles. The van der Waals surface area contributed by atoms with Crippen LogP contribution < -0.4 is 0 Å². The molecule has 0 saturated carbocycles. The van der Waals surface area contributed by atoms with Crippen molar-refractivity contribution >= 4 is 18.2 Å². The lowest BCUT2D eigenvalue weighted by molar-refractivity contribution is -0.149. The molecule has 0 spiro atoms. The van der Waals surface area contributed by atoms with Crippen molar-refractivity contribution in [2.75, 3.05) is 7.11 Å². The van der Waals surface area contributed by atoms with E-state index in [-0.39, 0.29) is 10.6 Å². The van der Waals surface area contributed by atoms with Gasteiger partial charge in [0.05, 0.1) is 0 Å². The van der Waals surface area contributed by atoms with Crippen molar-refractivity contribution in [2.24, 2.45) is 0 Å². The zero-order valence-corrected chi connectivity index (χ0v) is 7.01. The summed E-state index contributed by atoms with van der Waals surface area (Å²) in [5.41, 5.74) is 0. The highest BCUT2D eigenvalue weighted by Crippen LogP contribution is 2.10. The van der Waals surface area contributed by atoms with Gasteiger partial charge >= 0.3 is 5.97 Å². The third-order valence-electron chi connectivity index (χ3n) is 1.23. The number of H-pyrrole nitrogens is 2. The van der Waals surface area contributed by atoms with Gasteiger partial charge in [-0.25, -0.2) is 9.78 Å². The first-order valence-electron chi connectivity index (χ1n) is 3.05. The number of hydrogen-bond acceptors (Lipinski definition) is 4. The Morgan fingerprint density at radius 3 is 2.75 bits per heavy atom. The van der Waals surface area contributed by atoms with Gasteiger partial charge in [0.2, 0.25) is 10.9 Å². The highest BCUT2D eigenvalue weighted by atomic mass is 32.1. The van der Waals surface area contributed by atoms with E-state index in [1.807, 2.05) is 0 Å². The Bertz CT molecular complexity index is 331.